The summed E-state index contributed by atoms with van der Waals surface area (Å²) in [6, 6.07) is 5.72. The molecule has 110 valence electrons. The molecule has 0 unspecified atom stereocenters. The quantitative estimate of drug-likeness (QED) is 0.896. The molecule has 0 saturated heterocycles. The third-order valence-corrected chi connectivity index (χ3v) is 2.59. The van der Waals surface area contributed by atoms with Crippen LogP contribution in [0.2, 0.25) is 0 Å². The van der Waals surface area contributed by atoms with E-state index in [0.717, 1.165) is 0 Å². The van der Waals surface area contributed by atoms with Gasteiger partial charge in [0, 0.05) is 5.54 Å². The summed E-state index contributed by atoms with van der Waals surface area (Å²) < 4.78 is 18.4. The number of para-hydroxylation sites is 1. The maximum absolute atomic E-state index is 13.3. The molecule has 0 bridgehead atoms. The summed E-state index contributed by atoms with van der Waals surface area (Å²) in [5.74, 6) is -2.23. The van der Waals surface area contributed by atoms with Crippen molar-refractivity contribution in [2.45, 2.75) is 26.3 Å². The molecule has 1 aromatic rings. The average molecular weight is 283 g/mol. The number of hydrogen-bond acceptors (Lipinski definition) is 3. The van der Waals surface area contributed by atoms with Gasteiger partial charge in [0.15, 0.2) is 18.2 Å². The van der Waals surface area contributed by atoms with Crippen molar-refractivity contribution in [2.75, 3.05) is 13.2 Å². The van der Waals surface area contributed by atoms with Crippen LogP contribution in [0.4, 0.5) is 4.39 Å². The zero-order chi connectivity index (χ0) is 15.3. The second-order valence-electron chi connectivity index (χ2n) is 5.26. The minimum Gasteiger partial charge on any atom is -0.481 e. The molecule has 0 aliphatic rings. The lowest BCUT2D eigenvalue weighted by molar-refractivity contribution is -0.149. The molecule has 5 nitrogen and oxygen atoms in total. The van der Waals surface area contributed by atoms with Gasteiger partial charge in [-0.05, 0) is 32.9 Å². The van der Waals surface area contributed by atoms with E-state index in [1.54, 1.807) is 26.8 Å². The number of amides is 1. The van der Waals surface area contributed by atoms with Gasteiger partial charge in [-0.3, -0.25) is 9.59 Å². The zero-order valence-electron chi connectivity index (χ0n) is 11.7. The summed E-state index contributed by atoms with van der Waals surface area (Å²) in [5, 5.41) is 8.83. The average Bonchev–Trinajstić information content (AvgIpc) is 2.33. The summed E-state index contributed by atoms with van der Waals surface area (Å²) in [6.07, 6.45) is 0. The van der Waals surface area contributed by atoms with E-state index in [4.69, 9.17) is 9.84 Å². The molecule has 1 N–H and O–H groups in total. The Balaban J connectivity index is 2.72. The van der Waals surface area contributed by atoms with E-state index in [-0.39, 0.29) is 5.75 Å². The molecule has 0 aliphatic heterocycles. The van der Waals surface area contributed by atoms with E-state index in [2.05, 4.69) is 0 Å². The van der Waals surface area contributed by atoms with Crippen molar-refractivity contribution < 1.29 is 23.8 Å². The van der Waals surface area contributed by atoms with Crippen LogP contribution in [0.25, 0.3) is 0 Å². The van der Waals surface area contributed by atoms with Gasteiger partial charge in [0.05, 0.1) is 0 Å². The first-order valence-corrected chi connectivity index (χ1v) is 6.11. The number of ether oxygens (including phenoxy) is 1. The van der Waals surface area contributed by atoms with E-state index >= 15 is 0 Å². The van der Waals surface area contributed by atoms with Crippen LogP contribution >= 0.6 is 0 Å². The number of hydrogen-bond donors (Lipinski definition) is 1. The van der Waals surface area contributed by atoms with Gasteiger partial charge in [-0.2, -0.15) is 0 Å². The Kier molecular flexibility index (Phi) is 5.07. The highest BCUT2D eigenvalue weighted by molar-refractivity contribution is 5.83. The molecule has 0 heterocycles. The summed E-state index contributed by atoms with van der Waals surface area (Å²) in [4.78, 5) is 24.0. The molecular weight excluding hydrogens is 265 g/mol. The SMILES string of the molecule is CC(C)(C)N(CC(=O)O)C(=O)COc1ccccc1F. The highest BCUT2D eigenvalue weighted by Gasteiger charge is 2.28. The van der Waals surface area contributed by atoms with E-state index in [9.17, 15) is 14.0 Å². The topological polar surface area (TPSA) is 66.8 Å². The number of aliphatic carboxylic acids is 1. The molecule has 0 fully saturated rings. The maximum atomic E-state index is 13.3. The van der Waals surface area contributed by atoms with Crippen LogP contribution in [0.15, 0.2) is 24.3 Å². The number of halogens is 1. The van der Waals surface area contributed by atoms with Crippen molar-refractivity contribution in [1.82, 2.24) is 4.90 Å². The van der Waals surface area contributed by atoms with Crippen LogP contribution in [0.3, 0.4) is 0 Å². The van der Waals surface area contributed by atoms with Crippen molar-refractivity contribution >= 4 is 11.9 Å². The molecule has 0 radical (unpaired) electrons. The van der Waals surface area contributed by atoms with Crippen molar-refractivity contribution in [3.63, 3.8) is 0 Å². The van der Waals surface area contributed by atoms with Crippen LogP contribution < -0.4 is 4.74 Å². The van der Waals surface area contributed by atoms with E-state index in [0.29, 0.717) is 0 Å². The molecular formula is C14H18FNO4. The normalized spacial score (nSPS) is 11.0. The predicted molar refractivity (Wildman–Crippen MR) is 71.0 cm³/mol. The number of carboxylic acid groups (broad SMARTS) is 1. The van der Waals surface area contributed by atoms with Crippen LogP contribution in [0, 0.1) is 5.82 Å². The minimum absolute atomic E-state index is 0.0370. The number of rotatable bonds is 5. The van der Waals surface area contributed by atoms with Gasteiger partial charge >= 0.3 is 5.97 Å². The van der Waals surface area contributed by atoms with Crippen LogP contribution in [0.5, 0.6) is 5.75 Å². The first-order chi connectivity index (χ1) is 9.21. The van der Waals surface area contributed by atoms with Gasteiger partial charge in [0.1, 0.15) is 6.54 Å². The van der Waals surface area contributed by atoms with Gasteiger partial charge in [0.25, 0.3) is 5.91 Å². The summed E-state index contributed by atoms with van der Waals surface area (Å²) in [6.45, 7) is 4.32. The monoisotopic (exact) mass is 283 g/mol. The highest BCUT2D eigenvalue weighted by Crippen LogP contribution is 2.17. The standard InChI is InChI=1S/C14H18FNO4/c1-14(2,3)16(8-13(18)19)12(17)9-20-11-7-5-4-6-10(11)15/h4-7H,8-9H2,1-3H3,(H,18,19). The van der Waals surface area contributed by atoms with Gasteiger partial charge in [-0.15, -0.1) is 0 Å². The lowest BCUT2D eigenvalue weighted by Gasteiger charge is -2.34. The molecule has 0 atom stereocenters. The fourth-order valence-corrected chi connectivity index (χ4v) is 1.61. The summed E-state index contributed by atoms with van der Waals surface area (Å²) >= 11 is 0. The van der Waals surface area contributed by atoms with Crippen molar-refractivity contribution in [1.29, 1.82) is 0 Å². The van der Waals surface area contributed by atoms with Crippen LogP contribution in [-0.2, 0) is 9.59 Å². The van der Waals surface area contributed by atoms with E-state index in [1.807, 2.05) is 0 Å². The van der Waals surface area contributed by atoms with Gasteiger partial charge in [0.2, 0.25) is 0 Å². The lowest BCUT2D eigenvalue weighted by Crippen LogP contribution is -2.50. The zero-order valence-corrected chi connectivity index (χ0v) is 11.7. The lowest BCUT2D eigenvalue weighted by atomic mass is 10.1. The van der Waals surface area contributed by atoms with Crippen molar-refractivity contribution in [2.24, 2.45) is 0 Å². The Morgan fingerprint density at radius 2 is 1.90 bits per heavy atom. The fraction of sp³-hybridized carbons (Fsp3) is 0.429. The molecule has 1 rings (SSSR count). The molecule has 0 aromatic heterocycles. The molecule has 6 heteroatoms. The van der Waals surface area contributed by atoms with Crippen LogP contribution in [-0.4, -0.2) is 40.6 Å². The van der Waals surface area contributed by atoms with Crippen LogP contribution in [0.1, 0.15) is 20.8 Å². The summed E-state index contributed by atoms with van der Waals surface area (Å²) in [7, 11) is 0. The molecule has 0 aliphatic carbocycles. The predicted octanol–water partition coefficient (Wildman–Crippen LogP) is 1.92. The smallest absolute Gasteiger partial charge is 0.323 e. The number of carbonyl (C=O) groups excluding carboxylic acids is 1. The number of benzene rings is 1. The maximum Gasteiger partial charge on any atom is 0.323 e. The Labute approximate surface area is 117 Å². The Hall–Kier alpha value is -2.11. The van der Waals surface area contributed by atoms with Crippen molar-refractivity contribution in [3.05, 3.63) is 30.1 Å². The molecule has 1 aromatic carbocycles. The van der Waals surface area contributed by atoms with Gasteiger partial charge in [-0.25, -0.2) is 4.39 Å². The molecule has 0 saturated carbocycles. The number of carboxylic acids is 1. The summed E-state index contributed by atoms with van der Waals surface area (Å²) in [5.41, 5.74) is -0.659. The molecule has 20 heavy (non-hydrogen) atoms. The third kappa shape index (κ3) is 4.53. The first kappa shape index (κ1) is 15.9. The minimum atomic E-state index is -1.11. The third-order valence-electron chi connectivity index (χ3n) is 2.59. The Morgan fingerprint density at radius 3 is 2.40 bits per heavy atom. The molecule has 1 amide bonds. The largest absolute Gasteiger partial charge is 0.481 e. The second-order valence-corrected chi connectivity index (χ2v) is 5.26. The Morgan fingerprint density at radius 1 is 1.30 bits per heavy atom. The second kappa shape index (κ2) is 6.36. The Bertz CT molecular complexity index is 496. The number of nitrogens with zero attached hydrogens (tertiary/aromatic N) is 1. The van der Waals surface area contributed by atoms with E-state index in [1.165, 1.54) is 23.1 Å². The van der Waals surface area contributed by atoms with E-state index < -0.39 is 36.4 Å². The number of carbonyl (C=O) groups is 2. The fourth-order valence-electron chi connectivity index (χ4n) is 1.61. The first-order valence-electron chi connectivity index (χ1n) is 6.11. The molecule has 0 spiro atoms. The highest BCUT2D eigenvalue weighted by atomic mass is 19.1. The van der Waals surface area contributed by atoms with Crippen molar-refractivity contribution in [3.8, 4) is 5.75 Å². The van der Waals surface area contributed by atoms with Gasteiger partial charge in [-0.1, -0.05) is 12.1 Å². The van der Waals surface area contributed by atoms with Gasteiger partial charge < -0.3 is 14.7 Å².